The predicted molar refractivity (Wildman–Crippen MR) is 121 cm³/mol. The molecule has 0 saturated carbocycles. The number of nitrogens with one attached hydrogen (secondary N) is 2. The van der Waals surface area contributed by atoms with E-state index in [9.17, 15) is 0 Å². The molecule has 1 atom stereocenters. The zero-order chi connectivity index (χ0) is 20.6. The lowest BCUT2D eigenvalue weighted by atomic mass is 10.0. The van der Waals surface area contributed by atoms with Gasteiger partial charge in [-0.3, -0.25) is 4.90 Å². The second-order valence-corrected chi connectivity index (χ2v) is 8.68. The van der Waals surface area contributed by atoms with Gasteiger partial charge in [0, 0.05) is 31.1 Å². The van der Waals surface area contributed by atoms with Crippen molar-refractivity contribution in [3.63, 3.8) is 0 Å². The number of ether oxygens (including phenoxy) is 1. The van der Waals surface area contributed by atoms with Crippen molar-refractivity contribution in [2.45, 2.75) is 40.3 Å². The van der Waals surface area contributed by atoms with E-state index < -0.39 is 0 Å². The highest BCUT2D eigenvalue weighted by molar-refractivity contribution is 7.11. The normalized spacial score (nSPS) is 16.6. The summed E-state index contributed by atoms with van der Waals surface area (Å²) in [5, 5.41) is 8.04. The summed E-state index contributed by atoms with van der Waals surface area (Å²) in [7, 11) is 0. The average Bonchev–Trinajstić information content (AvgIpc) is 3.05. The lowest BCUT2D eigenvalue weighted by Crippen LogP contribution is -2.46. The van der Waals surface area contributed by atoms with Crippen LogP contribution in [0.25, 0.3) is 0 Å². The van der Waals surface area contributed by atoms with E-state index >= 15 is 0 Å². The molecule has 0 spiro atoms. The molecule has 0 bridgehead atoms. The molecule has 3 rings (SSSR count). The lowest BCUT2D eigenvalue weighted by Gasteiger charge is -2.35. The standard InChI is InChI=1S/C22H33N5OS/c1-5-23-22(25-15-21-17(3)26-18(4)29-21)24-14-20(27-10-12-28-13-11-27)19-8-6-16(2)7-9-19/h6-9,20H,5,10-15H2,1-4H3,(H2,23,24,25). The highest BCUT2D eigenvalue weighted by Crippen LogP contribution is 2.22. The van der Waals surface area contributed by atoms with E-state index in [-0.39, 0.29) is 6.04 Å². The van der Waals surface area contributed by atoms with E-state index in [2.05, 4.69) is 65.6 Å². The minimum absolute atomic E-state index is 0.288. The van der Waals surface area contributed by atoms with Gasteiger partial charge >= 0.3 is 0 Å². The highest BCUT2D eigenvalue weighted by atomic mass is 32.1. The maximum atomic E-state index is 5.57. The van der Waals surface area contributed by atoms with E-state index in [4.69, 9.17) is 9.73 Å². The Morgan fingerprint density at radius 2 is 1.90 bits per heavy atom. The lowest BCUT2D eigenvalue weighted by molar-refractivity contribution is 0.0170. The van der Waals surface area contributed by atoms with Gasteiger partial charge in [-0.25, -0.2) is 9.98 Å². The molecule has 158 valence electrons. The number of rotatable bonds is 7. The molecule has 2 aromatic rings. The van der Waals surface area contributed by atoms with Crippen molar-refractivity contribution in [2.75, 3.05) is 39.4 Å². The number of guanidine groups is 1. The van der Waals surface area contributed by atoms with Crippen LogP contribution in [0.4, 0.5) is 0 Å². The van der Waals surface area contributed by atoms with Crippen LogP contribution < -0.4 is 10.6 Å². The number of hydrogen-bond donors (Lipinski definition) is 2. The fourth-order valence-electron chi connectivity index (χ4n) is 3.54. The van der Waals surface area contributed by atoms with Gasteiger partial charge in [-0.1, -0.05) is 29.8 Å². The summed E-state index contributed by atoms with van der Waals surface area (Å²) in [4.78, 5) is 13.0. The van der Waals surface area contributed by atoms with E-state index in [0.717, 1.165) is 56.1 Å². The van der Waals surface area contributed by atoms with Crippen molar-refractivity contribution < 1.29 is 4.74 Å². The molecule has 2 heterocycles. The summed E-state index contributed by atoms with van der Waals surface area (Å²) in [6.45, 7) is 14.1. The second-order valence-electron chi connectivity index (χ2n) is 7.39. The molecule has 1 saturated heterocycles. The second kappa shape index (κ2) is 10.7. The molecule has 1 aromatic heterocycles. The number of aromatic nitrogens is 1. The van der Waals surface area contributed by atoms with Gasteiger partial charge in [-0.15, -0.1) is 11.3 Å². The number of aliphatic imine (C=N–C) groups is 1. The zero-order valence-electron chi connectivity index (χ0n) is 18.0. The number of nitrogens with zero attached hydrogens (tertiary/aromatic N) is 3. The van der Waals surface area contributed by atoms with Crippen molar-refractivity contribution in [1.29, 1.82) is 0 Å². The molecule has 0 aliphatic carbocycles. The van der Waals surface area contributed by atoms with Crippen LogP contribution in [0, 0.1) is 20.8 Å². The van der Waals surface area contributed by atoms with Crippen LogP contribution >= 0.6 is 11.3 Å². The molecule has 6 nitrogen and oxygen atoms in total. The molecule has 0 radical (unpaired) electrons. The minimum atomic E-state index is 0.288. The van der Waals surface area contributed by atoms with E-state index in [1.165, 1.54) is 16.0 Å². The summed E-state index contributed by atoms with van der Waals surface area (Å²) in [5.74, 6) is 0.850. The Kier molecular flexibility index (Phi) is 8.03. The van der Waals surface area contributed by atoms with Crippen LogP contribution in [0.5, 0.6) is 0 Å². The Morgan fingerprint density at radius 1 is 1.17 bits per heavy atom. The first kappa shape index (κ1) is 21.7. The predicted octanol–water partition coefficient (Wildman–Crippen LogP) is 3.20. The first-order valence-electron chi connectivity index (χ1n) is 10.4. The Balaban J connectivity index is 1.71. The van der Waals surface area contributed by atoms with Gasteiger partial charge in [0.2, 0.25) is 0 Å². The topological polar surface area (TPSA) is 61.8 Å². The largest absolute Gasteiger partial charge is 0.379 e. The van der Waals surface area contributed by atoms with Crippen LogP contribution in [0.2, 0.25) is 0 Å². The quantitative estimate of drug-likeness (QED) is 0.537. The third-order valence-corrected chi connectivity index (χ3v) is 6.19. The summed E-state index contributed by atoms with van der Waals surface area (Å²) in [6.07, 6.45) is 0. The summed E-state index contributed by atoms with van der Waals surface area (Å²) in [6, 6.07) is 9.15. The van der Waals surface area contributed by atoms with E-state index in [0.29, 0.717) is 6.54 Å². The summed E-state index contributed by atoms with van der Waals surface area (Å²) < 4.78 is 5.57. The smallest absolute Gasteiger partial charge is 0.191 e. The first-order valence-corrected chi connectivity index (χ1v) is 11.2. The minimum Gasteiger partial charge on any atom is -0.379 e. The SMILES string of the molecule is CCNC(=NCc1sc(C)nc1C)NCC(c1ccc(C)cc1)N1CCOCC1. The van der Waals surface area contributed by atoms with Crippen molar-refractivity contribution in [1.82, 2.24) is 20.5 Å². The fourth-order valence-corrected chi connectivity index (χ4v) is 4.40. The van der Waals surface area contributed by atoms with Gasteiger partial charge in [-0.2, -0.15) is 0 Å². The average molecular weight is 416 g/mol. The third kappa shape index (κ3) is 6.26. The number of hydrogen-bond acceptors (Lipinski definition) is 5. The Hall–Kier alpha value is -1.96. The van der Waals surface area contributed by atoms with Crippen molar-refractivity contribution in [3.8, 4) is 0 Å². The first-order chi connectivity index (χ1) is 14.1. The van der Waals surface area contributed by atoms with Gasteiger partial charge in [-0.05, 0) is 33.3 Å². The van der Waals surface area contributed by atoms with Crippen LogP contribution in [-0.2, 0) is 11.3 Å². The van der Waals surface area contributed by atoms with Gasteiger partial charge in [0.25, 0.3) is 0 Å². The molecule has 1 aliphatic heterocycles. The molecule has 1 aliphatic rings. The number of aryl methyl sites for hydroxylation is 3. The molecule has 1 aromatic carbocycles. The maximum Gasteiger partial charge on any atom is 0.191 e. The van der Waals surface area contributed by atoms with Gasteiger partial charge in [0.05, 0.1) is 36.5 Å². The van der Waals surface area contributed by atoms with Crippen molar-refractivity contribution >= 4 is 17.3 Å². The Morgan fingerprint density at radius 3 is 2.52 bits per heavy atom. The Labute approximate surface area is 178 Å². The van der Waals surface area contributed by atoms with Crippen molar-refractivity contribution in [2.24, 2.45) is 4.99 Å². The van der Waals surface area contributed by atoms with Crippen LogP contribution in [0.15, 0.2) is 29.3 Å². The zero-order valence-corrected chi connectivity index (χ0v) is 18.8. The number of thiazole rings is 1. The summed E-state index contributed by atoms with van der Waals surface area (Å²) in [5.41, 5.74) is 3.69. The van der Waals surface area contributed by atoms with Gasteiger partial charge in [0.15, 0.2) is 5.96 Å². The highest BCUT2D eigenvalue weighted by Gasteiger charge is 2.23. The van der Waals surface area contributed by atoms with Gasteiger partial charge in [0.1, 0.15) is 0 Å². The summed E-state index contributed by atoms with van der Waals surface area (Å²) >= 11 is 1.72. The molecule has 2 N–H and O–H groups in total. The Bertz CT molecular complexity index is 796. The molecule has 1 unspecified atom stereocenters. The molecular formula is C22H33N5OS. The van der Waals surface area contributed by atoms with E-state index in [1.807, 2.05) is 6.92 Å². The molecule has 0 amide bonds. The molecule has 29 heavy (non-hydrogen) atoms. The molecule has 7 heteroatoms. The monoisotopic (exact) mass is 415 g/mol. The fraction of sp³-hybridized carbons (Fsp3) is 0.545. The molecular weight excluding hydrogens is 382 g/mol. The van der Waals surface area contributed by atoms with Crippen LogP contribution in [0.3, 0.4) is 0 Å². The molecule has 1 fully saturated rings. The third-order valence-electron chi connectivity index (χ3n) is 5.14. The number of benzene rings is 1. The van der Waals surface area contributed by atoms with Crippen LogP contribution in [-0.4, -0.2) is 55.2 Å². The maximum absolute atomic E-state index is 5.57. The van der Waals surface area contributed by atoms with Gasteiger partial charge < -0.3 is 15.4 Å². The van der Waals surface area contributed by atoms with Crippen molar-refractivity contribution in [3.05, 3.63) is 51.0 Å². The van der Waals surface area contributed by atoms with E-state index in [1.54, 1.807) is 11.3 Å². The van der Waals surface area contributed by atoms with Crippen LogP contribution in [0.1, 0.15) is 39.7 Å². The number of morpholine rings is 1.